The number of rotatable bonds is 2. The van der Waals surface area contributed by atoms with Crippen LogP contribution in [0.4, 0.5) is 0 Å². The Hall–Kier alpha value is -1.35. The molecule has 1 aliphatic carbocycles. The molecule has 1 fully saturated rings. The summed E-state index contributed by atoms with van der Waals surface area (Å²) < 4.78 is 0. The van der Waals surface area contributed by atoms with E-state index in [1.807, 2.05) is 0 Å². The fourth-order valence-electron chi connectivity index (χ4n) is 2.55. The normalized spacial score (nSPS) is 17.4. The standard InChI is InChI=1S/C15H22N2O/c1-10-9-11(14(2,3)4)5-6-12(10)15(7-8-15)13(18)17-16/h5-6,9H,7-8,16H2,1-4H3,(H,17,18). The Kier molecular flexibility index (Phi) is 2.98. The number of hydrogen-bond donors (Lipinski definition) is 2. The van der Waals surface area contributed by atoms with Crippen LogP contribution in [0.1, 0.15) is 50.3 Å². The first-order valence-corrected chi connectivity index (χ1v) is 6.44. The number of benzene rings is 1. The molecule has 0 aliphatic heterocycles. The van der Waals surface area contributed by atoms with Gasteiger partial charge in [-0.1, -0.05) is 39.0 Å². The van der Waals surface area contributed by atoms with Gasteiger partial charge in [0, 0.05) is 0 Å². The molecule has 0 saturated heterocycles. The Morgan fingerprint density at radius 3 is 2.33 bits per heavy atom. The minimum atomic E-state index is -0.366. The van der Waals surface area contributed by atoms with Crippen LogP contribution in [-0.2, 0) is 15.6 Å². The van der Waals surface area contributed by atoms with E-state index in [1.54, 1.807) is 0 Å². The molecule has 98 valence electrons. The Morgan fingerprint density at radius 2 is 1.94 bits per heavy atom. The maximum atomic E-state index is 11.9. The van der Waals surface area contributed by atoms with Crippen molar-refractivity contribution in [2.75, 3.05) is 0 Å². The highest BCUT2D eigenvalue weighted by molar-refractivity contribution is 5.91. The summed E-state index contributed by atoms with van der Waals surface area (Å²) in [7, 11) is 0. The van der Waals surface area contributed by atoms with Gasteiger partial charge in [-0.3, -0.25) is 10.2 Å². The maximum absolute atomic E-state index is 11.9. The Balaban J connectivity index is 2.40. The fourth-order valence-corrected chi connectivity index (χ4v) is 2.55. The molecule has 0 bridgehead atoms. The summed E-state index contributed by atoms with van der Waals surface area (Å²) in [5.41, 5.74) is 5.67. The number of nitrogens with one attached hydrogen (secondary N) is 1. The van der Waals surface area contributed by atoms with Gasteiger partial charge in [-0.15, -0.1) is 0 Å². The van der Waals surface area contributed by atoms with Gasteiger partial charge in [-0.2, -0.15) is 0 Å². The predicted octanol–water partition coefficient (Wildman–Crippen LogP) is 2.31. The topological polar surface area (TPSA) is 55.1 Å². The Morgan fingerprint density at radius 1 is 1.33 bits per heavy atom. The minimum absolute atomic E-state index is 0.0610. The third kappa shape index (κ3) is 2.03. The van der Waals surface area contributed by atoms with Gasteiger partial charge in [0.25, 0.3) is 0 Å². The second-order valence-corrected chi connectivity index (χ2v) is 6.34. The lowest BCUT2D eigenvalue weighted by atomic mass is 9.82. The first-order valence-electron chi connectivity index (χ1n) is 6.44. The molecule has 18 heavy (non-hydrogen) atoms. The number of carbonyl (C=O) groups excluding carboxylic acids is 1. The van der Waals surface area contributed by atoms with Crippen molar-refractivity contribution in [2.24, 2.45) is 5.84 Å². The second kappa shape index (κ2) is 4.09. The van der Waals surface area contributed by atoms with Crippen molar-refractivity contribution in [2.45, 2.75) is 51.4 Å². The van der Waals surface area contributed by atoms with Crippen molar-refractivity contribution in [1.29, 1.82) is 0 Å². The molecule has 0 atom stereocenters. The lowest BCUT2D eigenvalue weighted by molar-refractivity contribution is -0.123. The van der Waals surface area contributed by atoms with E-state index in [4.69, 9.17) is 5.84 Å². The summed E-state index contributed by atoms with van der Waals surface area (Å²) in [5.74, 6) is 5.22. The minimum Gasteiger partial charge on any atom is -0.293 e. The molecular formula is C15H22N2O. The van der Waals surface area contributed by atoms with E-state index in [0.717, 1.165) is 18.4 Å². The zero-order valence-corrected chi connectivity index (χ0v) is 11.6. The molecule has 0 unspecified atom stereocenters. The first kappa shape index (κ1) is 13.1. The highest BCUT2D eigenvalue weighted by Gasteiger charge is 2.51. The molecule has 1 aliphatic rings. The number of carbonyl (C=O) groups is 1. The molecule has 1 aromatic rings. The van der Waals surface area contributed by atoms with Crippen LogP contribution in [0.25, 0.3) is 0 Å². The summed E-state index contributed by atoms with van der Waals surface area (Å²) in [6, 6.07) is 6.42. The number of nitrogens with two attached hydrogens (primary N) is 1. The molecule has 3 N–H and O–H groups in total. The number of amides is 1. The van der Waals surface area contributed by atoms with Crippen molar-refractivity contribution in [1.82, 2.24) is 5.43 Å². The van der Waals surface area contributed by atoms with Crippen LogP contribution >= 0.6 is 0 Å². The zero-order chi connectivity index (χ0) is 13.6. The molecule has 2 rings (SSSR count). The van der Waals surface area contributed by atoms with Gasteiger partial charge >= 0.3 is 0 Å². The van der Waals surface area contributed by atoms with Gasteiger partial charge in [0.1, 0.15) is 0 Å². The van der Waals surface area contributed by atoms with E-state index in [2.05, 4.69) is 51.3 Å². The number of hydrogen-bond acceptors (Lipinski definition) is 2. The van der Waals surface area contributed by atoms with Gasteiger partial charge in [0.05, 0.1) is 5.41 Å². The van der Waals surface area contributed by atoms with Crippen molar-refractivity contribution in [3.8, 4) is 0 Å². The molecule has 3 heteroatoms. The van der Waals surface area contributed by atoms with Crippen LogP contribution in [0.3, 0.4) is 0 Å². The van der Waals surface area contributed by atoms with Crippen molar-refractivity contribution in [3.63, 3.8) is 0 Å². The van der Waals surface area contributed by atoms with E-state index >= 15 is 0 Å². The molecule has 0 spiro atoms. The van der Waals surface area contributed by atoms with Crippen LogP contribution in [0, 0.1) is 6.92 Å². The monoisotopic (exact) mass is 246 g/mol. The van der Waals surface area contributed by atoms with Gasteiger partial charge < -0.3 is 0 Å². The third-order valence-electron chi connectivity index (χ3n) is 3.92. The molecule has 1 amide bonds. The Labute approximate surface area is 109 Å². The van der Waals surface area contributed by atoms with E-state index in [1.165, 1.54) is 11.1 Å². The van der Waals surface area contributed by atoms with Gasteiger partial charge in [-0.05, 0) is 41.9 Å². The van der Waals surface area contributed by atoms with Crippen LogP contribution in [0.5, 0.6) is 0 Å². The lowest BCUT2D eigenvalue weighted by Crippen LogP contribution is -2.39. The van der Waals surface area contributed by atoms with Gasteiger partial charge in [0.15, 0.2) is 0 Å². The number of hydrazine groups is 1. The molecule has 1 aromatic carbocycles. The van der Waals surface area contributed by atoms with Crippen LogP contribution in [-0.4, -0.2) is 5.91 Å². The average molecular weight is 246 g/mol. The van der Waals surface area contributed by atoms with E-state index in [9.17, 15) is 4.79 Å². The summed E-state index contributed by atoms with van der Waals surface area (Å²) in [6.07, 6.45) is 1.79. The highest BCUT2D eigenvalue weighted by Crippen LogP contribution is 2.49. The van der Waals surface area contributed by atoms with Crippen LogP contribution in [0.15, 0.2) is 18.2 Å². The van der Waals surface area contributed by atoms with Crippen LogP contribution in [0.2, 0.25) is 0 Å². The summed E-state index contributed by atoms with van der Waals surface area (Å²) >= 11 is 0. The molecular weight excluding hydrogens is 224 g/mol. The summed E-state index contributed by atoms with van der Waals surface area (Å²) in [4.78, 5) is 11.9. The fraction of sp³-hybridized carbons (Fsp3) is 0.533. The van der Waals surface area contributed by atoms with E-state index in [0.29, 0.717) is 0 Å². The van der Waals surface area contributed by atoms with Crippen molar-refractivity contribution < 1.29 is 4.79 Å². The first-order chi connectivity index (χ1) is 8.31. The van der Waals surface area contributed by atoms with E-state index in [-0.39, 0.29) is 16.7 Å². The molecule has 0 aromatic heterocycles. The Bertz CT molecular complexity index is 482. The average Bonchev–Trinajstić information content (AvgIpc) is 3.08. The quantitative estimate of drug-likeness (QED) is 0.478. The largest absolute Gasteiger partial charge is 0.293 e. The number of aryl methyl sites for hydroxylation is 1. The summed E-state index contributed by atoms with van der Waals surface area (Å²) in [5, 5.41) is 0. The van der Waals surface area contributed by atoms with Crippen molar-refractivity contribution in [3.05, 3.63) is 34.9 Å². The van der Waals surface area contributed by atoms with Crippen LogP contribution < -0.4 is 11.3 Å². The highest BCUT2D eigenvalue weighted by atomic mass is 16.2. The zero-order valence-electron chi connectivity index (χ0n) is 11.6. The SMILES string of the molecule is Cc1cc(C(C)(C)C)ccc1C1(C(=O)NN)CC1. The predicted molar refractivity (Wildman–Crippen MR) is 73.1 cm³/mol. The summed E-state index contributed by atoms with van der Waals surface area (Å²) in [6.45, 7) is 8.66. The molecule has 1 saturated carbocycles. The molecule has 0 radical (unpaired) electrons. The lowest BCUT2D eigenvalue weighted by Gasteiger charge is -2.23. The molecule has 3 nitrogen and oxygen atoms in total. The maximum Gasteiger partial charge on any atom is 0.244 e. The van der Waals surface area contributed by atoms with E-state index < -0.39 is 0 Å². The smallest absolute Gasteiger partial charge is 0.244 e. The second-order valence-electron chi connectivity index (χ2n) is 6.34. The van der Waals surface area contributed by atoms with Gasteiger partial charge in [0.2, 0.25) is 5.91 Å². The van der Waals surface area contributed by atoms with Gasteiger partial charge in [-0.25, -0.2) is 5.84 Å². The molecule has 0 heterocycles. The third-order valence-corrected chi connectivity index (χ3v) is 3.92. The van der Waals surface area contributed by atoms with Crippen molar-refractivity contribution >= 4 is 5.91 Å².